The van der Waals surface area contributed by atoms with E-state index in [1.54, 1.807) is 14.2 Å². The molecule has 1 aliphatic rings. The predicted molar refractivity (Wildman–Crippen MR) is 97.9 cm³/mol. The van der Waals surface area contributed by atoms with Gasteiger partial charge in [0.1, 0.15) is 0 Å². The molecule has 4 heteroatoms. The van der Waals surface area contributed by atoms with Gasteiger partial charge in [-0.1, -0.05) is 36.4 Å². The fourth-order valence-corrected chi connectivity index (χ4v) is 3.21. The Morgan fingerprint density at radius 3 is 2.44 bits per heavy atom. The third kappa shape index (κ3) is 4.53. The first-order valence-corrected chi connectivity index (χ1v) is 8.74. The molecular formula is C21H25NO3. The highest BCUT2D eigenvalue weighted by atomic mass is 16.5. The highest BCUT2D eigenvalue weighted by Gasteiger charge is 2.34. The Kier molecular flexibility index (Phi) is 5.59. The van der Waals surface area contributed by atoms with Crippen LogP contribution in [0.3, 0.4) is 0 Å². The Balaban J connectivity index is 1.66. The lowest BCUT2D eigenvalue weighted by Gasteiger charge is -2.18. The van der Waals surface area contributed by atoms with E-state index in [1.807, 2.05) is 42.5 Å². The Hall–Kier alpha value is -2.49. The minimum Gasteiger partial charge on any atom is -0.493 e. The highest BCUT2D eigenvalue weighted by molar-refractivity contribution is 5.77. The van der Waals surface area contributed by atoms with E-state index in [9.17, 15) is 4.79 Å². The Morgan fingerprint density at radius 1 is 1.08 bits per heavy atom. The smallest absolute Gasteiger partial charge is 0.220 e. The SMILES string of the molecule is COc1ccc(C(CC(=O)NCc2ccccc2)C2CC2)cc1OC. The Labute approximate surface area is 149 Å². The zero-order valence-corrected chi connectivity index (χ0v) is 14.8. The van der Waals surface area contributed by atoms with Gasteiger partial charge in [-0.3, -0.25) is 4.79 Å². The molecule has 0 radical (unpaired) electrons. The molecule has 4 nitrogen and oxygen atoms in total. The van der Waals surface area contributed by atoms with Crippen LogP contribution in [0.2, 0.25) is 0 Å². The monoisotopic (exact) mass is 339 g/mol. The molecule has 132 valence electrons. The van der Waals surface area contributed by atoms with Crippen molar-refractivity contribution in [1.29, 1.82) is 0 Å². The Bertz CT molecular complexity index is 710. The van der Waals surface area contributed by atoms with Crippen LogP contribution in [-0.2, 0) is 11.3 Å². The number of rotatable bonds is 8. The number of methoxy groups -OCH3 is 2. The molecule has 1 atom stereocenters. The van der Waals surface area contributed by atoms with Gasteiger partial charge in [-0.25, -0.2) is 0 Å². The molecule has 1 saturated carbocycles. The van der Waals surface area contributed by atoms with Crippen molar-refractivity contribution < 1.29 is 14.3 Å². The summed E-state index contributed by atoms with van der Waals surface area (Å²) in [4.78, 5) is 12.4. The fraction of sp³-hybridized carbons (Fsp3) is 0.381. The van der Waals surface area contributed by atoms with Crippen molar-refractivity contribution in [2.45, 2.75) is 31.7 Å². The summed E-state index contributed by atoms with van der Waals surface area (Å²) in [5.41, 5.74) is 2.26. The minimum atomic E-state index is 0.0931. The predicted octanol–water partition coefficient (Wildman–Crippen LogP) is 3.90. The largest absolute Gasteiger partial charge is 0.493 e. The molecule has 0 spiro atoms. The molecule has 2 aromatic carbocycles. The first-order chi connectivity index (χ1) is 12.2. The summed E-state index contributed by atoms with van der Waals surface area (Å²) in [6.07, 6.45) is 2.88. The summed E-state index contributed by atoms with van der Waals surface area (Å²) in [7, 11) is 3.27. The standard InChI is InChI=1S/C21H25NO3/c1-24-19-11-10-17(12-20(19)25-2)18(16-8-9-16)13-21(23)22-14-15-6-4-3-5-7-15/h3-7,10-12,16,18H,8-9,13-14H2,1-2H3,(H,22,23). The number of carbonyl (C=O) groups is 1. The van der Waals surface area contributed by atoms with Gasteiger partial charge >= 0.3 is 0 Å². The maximum Gasteiger partial charge on any atom is 0.220 e. The van der Waals surface area contributed by atoms with Crippen LogP contribution in [0.5, 0.6) is 11.5 Å². The van der Waals surface area contributed by atoms with E-state index in [1.165, 1.54) is 12.8 Å². The van der Waals surface area contributed by atoms with Gasteiger partial charge in [0.05, 0.1) is 14.2 Å². The molecule has 3 rings (SSSR count). The first-order valence-electron chi connectivity index (χ1n) is 8.74. The van der Waals surface area contributed by atoms with Crippen LogP contribution >= 0.6 is 0 Å². The van der Waals surface area contributed by atoms with E-state index in [-0.39, 0.29) is 11.8 Å². The van der Waals surface area contributed by atoms with Crippen molar-refractivity contribution in [3.63, 3.8) is 0 Å². The quantitative estimate of drug-likeness (QED) is 0.793. The normalized spacial score (nSPS) is 14.6. The van der Waals surface area contributed by atoms with Gasteiger partial charge in [-0.2, -0.15) is 0 Å². The number of benzene rings is 2. The first kappa shape index (κ1) is 17.3. The lowest BCUT2D eigenvalue weighted by atomic mass is 9.90. The number of hydrogen-bond donors (Lipinski definition) is 1. The average Bonchev–Trinajstić information content (AvgIpc) is 3.49. The zero-order valence-electron chi connectivity index (χ0n) is 14.8. The molecule has 1 aliphatic carbocycles. The lowest BCUT2D eigenvalue weighted by molar-refractivity contribution is -0.121. The molecule has 1 unspecified atom stereocenters. The van der Waals surface area contributed by atoms with Crippen molar-refractivity contribution >= 4 is 5.91 Å². The average molecular weight is 339 g/mol. The third-order valence-corrected chi connectivity index (χ3v) is 4.76. The molecule has 0 aliphatic heterocycles. The summed E-state index contributed by atoms with van der Waals surface area (Å²) in [6, 6.07) is 16.0. The molecular weight excluding hydrogens is 314 g/mol. The van der Waals surface area contributed by atoms with Gasteiger partial charge in [0.2, 0.25) is 5.91 Å². The molecule has 1 amide bonds. The summed E-state index contributed by atoms with van der Waals surface area (Å²) in [6.45, 7) is 0.572. The van der Waals surface area contributed by atoms with Gasteiger partial charge in [0.25, 0.3) is 0 Å². The molecule has 0 aromatic heterocycles. The summed E-state index contributed by atoms with van der Waals surface area (Å²) < 4.78 is 10.7. The van der Waals surface area contributed by atoms with Crippen LogP contribution in [-0.4, -0.2) is 20.1 Å². The van der Waals surface area contributed by atoms with E-state index in [0.717, 1.165) is 16.9 Å². The van der Waals surface area contributed by atoms with Crippen molar-refractivity contribution in [2.75, 3.05) is 14.2 Å². The Morgan fingerprint density at radius 2 is 1.80 bits per heavy atom. The van der Waals surface area contributed by atoms with Gasteiger partial charge in [-0.15, -0.1) is 0 Å². The number of carbonyl (C=O) groups excluding carboxylic acids is 1. The van der Waals surface area contributed by atoms with E-state index in [2.05, 4.69) is 11.4 Å². The molecule has 0 bridgehead atoms. The number of amides is 1. The fourth-order valence-electron chi connectivity index (χ4n) is 3.21. The topological polar surface area (TPSA) is 47.6 Å². The van der Waals surface area contributed by atoms with Crippen LogP contribution in [0.4, 0.5) is 0 Å². The van der Waals surface area contributed by atoms with Gasteiger partial charge in [0.15, 0.2) is 11.5 Å². The summed E-state index contributed by atoms with van der Waals surface area (Å²) in [5.74, 6) is 2.34. The van der Waals surface area contributed by atoms with Crippen LogP contribution < -0.4 is 14.8 Å². The van der Waals surface area contributed by atoms with Crippen molar-refractivity contribution in [1.82, 2.24) is 5.32 Å². The second-order valence-corrected chi connectivity index (χ2v) is 6.52. The molecule has 0 heterocycles. The zero-order chi connectivity index (χ0) is 17.6. The van der Waals surface area contributed by atoms with Crippen LogP contribution in [0.25, 0.3) is 0 Å². The second kappa shape index (κ2) is 8.06. The summed E-state index contributed by atoms with van der Waals surface area (Å²) in [5, 5.41) is 3.04. The van der Waals surface area contributed by atoms with Crippen LogP contribution in [0.15, 0.2) is 48.5 Å². The van der Waals surface area contributed by atoms with E-state index in [4.69, 9.17) is 9.47 Å². The number of nitrogens with one attached hydrogen (secondary N) is 1. The van der Waals surface area contributed by atoms with Gasteiger partial charge < -0.3 is 14.8 Å². The van der Waals surface area contributed by atoms with Crippen molar-refractivity contribution in [2.24, 2.45) is 5.92 Å². The molecule has 25 heavy (non-hydrogen) atoms. The maximum absolute atomic E-state index is 12.4. The van der Waals surface area contributed by atoms with E-state index < -0.39 is 0 Å². The minimum absolute atomic E-state index is 0.0931. The molecule has 0 saturated heterocycles. The maximum atomic E-state index is 12.4. The van der Waals surface area contributed by atoms with E-state index >= 15 is 0 Å². The second-order valence-electron chi connectivity index (χ2n) is 6.52. The van der Waals surface area contributed by atoms with Gasteiger partial charge in [0, 0.05) is 13.0 Å². The van der Waals surface area contributed by atoms with Crippen LogP contribution in [0, 0.1) is 5.92 Å². The third-order valence-electron chi connectivity index (χ3n) is 4.76. The number of hydrogen-bond acceptors (Lipinski definition) is 3. The molecule has 2 aromatic rings. The van der Waals surface area contributed by atoms with Gasteiger partial charge in [-0.05, 0) is 47.9 Å². The molecule has 1 fully saturated rings. The summed E-state index contributed by atoms with van der Waals surface area (Å²) >= 11 is 0. The van der Waals surface area contributed by atoms with E-state index in [0.29, 0.717) is 24.6 Å². The number of ether oxygens (including phenoxy) is 2. The van der Waals surface area contributed by atoms with Crippen molar-refractivity contribution in [3.05, 3.63) is 59.7 Å². The highest BCUT2D eigenvalue weighted by Crippen LogP contribution is 2.46. The lowest BCUT2D eigenvalue weighted by Crippen LogP contribution is -2.25. The molecule has 1 N–H and O–H groups in total. The van der Waals surface area contributed by atoms with Crippen LogP contribution in [0.1, 0.15) is 36.3 Å². The van der Waals surface area contributed by atoms with Crippen molar-refractivity contribution in [3.8, 4) is 11.5 Å².